The number of nitrogens with two attached hydrogens (primary N) is 1. The van der Waals surface area contributed by atoms with Crippen LogP contribution in [0, 0.1) is 0 Å². The Hall–Kier alpha value is -1.75. The van der Waals surface area contributed by atoms with Gasteiger partial charge in [-0.15, -0.1) is 0 Å². The van der Waals surface area contributed by atoms with E-state index in [2.05, 4.69) is 0 Å². The number of ether oxygens (including phenoxy) is 2. The van der Waals surface area contributed by atoms with Crippen molar-refractivity contribution < 1.29 is 14.3 Å². The van der Waals surface area contributed by atoms with Gasteiger partial charge in [0.25, 0.3) is 0 Å². The predicted molar refractivity (Wildman–Crippen MR) is 74.4 cm³/mol. The molecule has 1 heterocycles. The number of amides is 1. The Morgan fingerprint density at radius 1 is 1.30 bits per heavy atom. The van der Waals surface area contributed by atoms with E-state index >= 15 is 0 Å². The molecule has 1 aliphatic heterocycles. The van der Waals surface area contributed by atoms with Crippen molar-refractivity contribution in [3.63, 3.8) is 0 Å². The Morgan fingerprint density at radius 2 is 2.00 bits per heavy atom. The first-order chi connectivity index (χ1) is 9.58. The van der Waals surface area contributed by atoms with Crippen LogP contribution in [0.3, 0.4) is 0 Å². The van der Waals surface area contributed by atoms with Crippen LogP contribution < -0.4 is 15.2 Å². The maximum absolute atomic E-state index is 12.5. The minimum atomic E-state index is -0.662. The van der Waals surface area contributed by atoms with Crippen LogP contribution in [0.1, 0.15) is 31.2 Å². The van der Waals surface area contributed by atoms with Crippen molar-refractivity contribution in [1.82, 2.24) is 4.90 Å². The predicted octanol–water partition coefficient (Wildman–Crippen LogP) is 1.65. The van der Waals surface area contributed by atoms with Gasteiger partial charge in [-0.3, -0.25) is 4.79 Å². The number of fused-ring (bicyclic) bond motifs is 1. The number of benzene rings is 1. The van der Waals surface area contributed by atoms with Gasteiger partial charge in [0.2, 0.25) is 12.7 Å². The Kier molecular flexibility index (Phi) is 3.30. The van der Waals surface area contributed by atoms with Crippen LogP contribution >= 0.6 is 0 Å². The zero-order valence-corrected chi connectivity index (χ0v) is 11.7. The van der Waals surface area contributed by atoms with Gasteiger partial charge < -0.3 is 20.1 Å². The van der Waals surface area contributed by atoms with Gasteiger partial charge >= 0.3 is 0 Å². The number of hydrogen-bond acceptors (Lipinski definition) is 4. The van der Waals surface area contributed by atoms with Crippen molar-refractivity contribution in [3.05, 3.63) is 23.8 Å². The smallest absolute Gasteiger partial charge is 0.242 e. The second-order valence-electron chi connectivity index (χ2n) is 5.71. The van der Waals surface area contributed by atoms with Gasteiger partial charge in [-0.2, -0.15) is 0 Å². The van der Waals surface area contributed by atoms with Gasteiger partial charge in [-0.25, -0.2) is 0 Å². The summed E-state index contributed by atoms with van der Waals surface area (Å²) < 4.78 is 10.6. The summed E-state index contributed by atoms with van der Waals surface area (Å²) >= 11 is 0. The van der Waals surface area contributed by atoms with E-state index in [-0.39, 0.29) is 12.7 Å². The lowest BCUT2D eigenvalue weighted by Gasteiger charge is -2.28. The molecule has 1 aromatic carbocycles. The molecule has 1 fully saturated rings. The van der Waals surface area contributed by atoms with Crippen LogP contribution in [0.15, 0.2) is 18.2 Å². The minimum Gasteiger partial charge on any atom is -0.454 e. The Labute approximate surface area is 118 Å². The molecule has 1 aromatic rings. The number of rotatable bonds is 3. The fraction of sp³-hybridized carbons (Fsp3) is 0.533. The molecule has 0 aromatic heterocycles. The highest BCUT2D eigenvalue weighted by Gasteiger charge is 2.38. The maximum Gasteiger partial charge on any atom is 0.242 e. The molecule has 0 unspecified atom stereocenters. The van der Waals surface area contributed by atoms with Crippen LogP contribution in [-0.4, -0.2) is 30.2 Å². The lowest BCUT2D eigenvalue weighted by molar-refractivity contribution is -0.136. The summed E-state index contributed by atoms with van der Waals surface area (Å²) in [6.45, 7) is 0.799. The molecular formula is C15H20N2O3. The fourth-order valence-electron chi connectivity index (χ4n) is 2.98. The molecule has 1 amide bonds. The van der Waals surface area contributed by atoms with Crippen LogP contribution in [0.5, 0.6) is 11.5 Å². The van der Waals surface area contributed by atoms with E-state index in [0.717, 1.165) is 42.7 Å². The van der Waals surface area contributed by atoms with Crippen LogP contribution in [0.4, 0.5) is 0 Å². The van der Waals surface area contributed by atoms with E-state index in [1.807, 2.05) is 18.2 Å². The van der Waals surface area contributed by atoms with Gasteiger partial charge in [0, 0.05) is 13.6 Å². The SMILES string of the molecule is CN(Cc1ccc2c(c1)OCO2)C(=O)C1(N)CCCC1. The Balaban J connectivity index is 1.69. The first-order valence-electron chi connectivity index (χ1n) is 7.01. The molecule has 1 aliphatic carbocycles. The van der Waals surface area contributed by atoms with Crippen molar-refractivity contribution in [2.75, 3.05) is 13.8 Å². The normalized spacial score (nSPS) is 19.1. The van der Waals surface area contributed by atoms with Gasteiger partial charge in [0.05, 0.1) is 5.54 Å². The first kappa shape index (κ1) is 13.2. The maximum atomic E-state index is 12.5. The number of carbonyl (C=O) groups excluding carboxylic acids is 1. The molecule has 0 saturated heterocycles. The number of likely N-dealkylation sites (N-methyl/N-ethyl adjacent to an activating group) is 1. The third kappa shape index (κ3) is 2.33. The van der Waals surface area contributed by atoms with Crippen molar-refractivity contribution in [3.8, 4) is 11.5 Å². The van der Waals surface area contributed by atoms with Gasteiger partial charge in [0.1, 0.15) is 0 Å². The molecule has 0 spiro atoms. The molecule has 0 atom stereocenters. The Bertz CT molecular complexity index is 524. The molecule has 5 heteroatoms. The third-order valence-electron chi connectivity index (χ3n) is 4.13. The van der Waals surface area contributed by atoms with Gasteiger partial charge in [0.15, 0.2) is 11.5 Å². The van der Waals surface area contributed by atoms with E-state index in [1.54, 1.807) is 11.9 Å². The zero-order valence-electron chi connectivity index (χ0n) is 11.7. The van der Waals surface area contributed by atoms with Crippen molar-refractivity contribution in [1.29, 1.82) is 0 Å². The molecule has 2 N–H and O–H groups in total. The molecule has 2 aliphatic rings. The van der Waals surface area contributed by atoms with E-state index in [4.69, 9.17) is 15.2 Å². The molecule has 0 bridgehead atoms. The van der Waals surface area contributed by atoms with Crippen LogP contribution in [0.2, 0.25) is 0 Å². The second kappa shape index (κ2) is 4.98. The topological polar surface area (TPSA) is 64.8 Å². The highest BCUT2D eigenvalue weighted by molar-refractivity contribution is 5.86. The standard InChI is InChI=1S/C15H20N2O3/c1-17(14(18)15(16)6-2-3-7-15)9-11-4-5-12-13(8-11)20-10-19-12/h4-5,8H,2-3,6-7,9-10,16H2,1H3. The Morgan fingerprint density at radius 3 is 2.75 bits per heavy atom. The second-order valence-corrected chi connectivity index (χ2v) is 5.71. The molecule has 3 rings (SSSR count). The minimum absolute atomic E-state index is 0.0349. The van der Waals surface area contributed by atoms with E-state index in [9.17, 15) is 4.79 Å². The highest BCUT2D eigenvalue weighted by Crippen LogP contribution is 2.33. The number of carbonyl (C=O) groups is 1. The molecular weight excluding hydrogens is 256 g/mol. The summed E-state index contributed by atoms with van der Waals surface area (Å²) in [6.07, 6.45) is 3.66. The lowest BCUT2D eigenvalue weighted by atomic mass is 9.97. The zero-order chi connectivity index (χ0) is 14.2. The van der Waals surface area contributed by atoms with E-state index in [1.165, 1.54) is 0 Å². The molecule has 0 radical (unpaired) electrons. The largest absolute Gasteiger partial charge is 0.454 e. The van der Waals surface area contributed by atoms with Crippen LogP contribution in [-0.2, 0) is 11.3 Å². The fourth-order valence-corrected chi connectivity index (χ4v) is 2.98. The van der Waals surface area contributed by atoms with Crippen molar-refractivity contribution in [2.45, 2.75) is 37.8 Å². The average Bonchev–Trinajstić information content (AvgIpc) is 3.06. The summed E-state index contributed by atoms with van der Waals surface area (Å²) in [5.41, 5.74) is 6.57. The van der Waals surface area contributed by atoms with E-state index in [0.29, 0.717) is 6.54 Å². The lowest BCUT2D eigenvalue weighted by Crippen LogP contribution is -2.52. The molecule has 1 saturated carbocycles. The number of nitrogens with zero attached hydrogens (tertiary/aromatic N) is 1. The summed E-state index contributed by atoms with van der Waals surface area (Å²) in [6, 6.07) is 5.75. The number of hydrogen-bond donors (Lipinski definition) is 1. The van der Waals surface area contributed by atoms with Gasteiger partial charge in [-0.05, 0) is 30.5 Å². The third-order valence-corrected chi connectivity index (χ3v) is 4.13. The molecule has 5 nitrogen and oxygen atoms in total. The highest BCUT2D eigenvalue weighted by atomic mass is 16.7. The summed E-state index contributed by atoms with van der Waals surface area (Å²) in [5.74, 6) is 1.54. The van der Waals surface area contributed by atoms with Gasteiger partial charge in [-0.1, -0.05) is 18.9 Å². The first-order valence-corrected chi connectivity index (χ1v) is 7.01. The summed E-state index contributed by atoms with van der Waals surface area (Å²) in [5, 5.41) is 0. The molecule has 20 heavy (non-hydrogen) atoms. The summed E-state index contributed by atoms with van der Waals surface area (Å²) in [4.78, 5) is 14.2. The van der Waals surface area contributed by atoms with E-state index < -0.39 is 5.54 Å². The quantitative estimate of drug-likeness (QED) is 0.911. The monoisotopic (exact) mass is 276 g/mol. The van der Waals surface area contributed by atoms with Crippen LogP contribution in [0.25, 0.3) is 0 Å². The molecule has 108 valence electrons. The average molecular weight is 276 g/mol. The van der Waals surface area contributed by atoms with Crippen molar-refractivity contribution >= 4 is 5.91 Å². The summed E-state index contributed by atoms with van der Waals surface area (Å²) in [7, 11) is 1.81. The van der Waals surface area contributed by atoms with Crippen molar-refractivity contribution in [2.24, 2.45) is 5.73 Å².